The molecule has 0 spiro atoms. The van der Waals surface area contributed by atoms with Crippen LogP contribution in [-0.4, -0.2) is 60.4 Å². The second kappa shape index (κ2) is 9.82. The first-order chi connectivity index (χ1) is 13.2. The number of morpholine rings is 1. The molecule has 27 heavy (non-hydrogen) atoms. The second-order valence-electron chi connectivity index (χ2n) is 6.42. The van der Waals surface area contributed by atoms with Crippen molar-refractivity contribution in [1.82, 2.24) is 25.7 Å². The molecule has 3 heterocycles. The molecule has 3 rings (SSSR count). The molecule has 1 atom stereocenters. The highest BCUT2D eigenvalue weighted by atomic mass is 32.1. The molecule has 8 nitrogen and oxygen atoms in total. The van der Waals surface area contributed by atoms with Crippen LogP contribution in [0.4, 0.5) is 0 Å². The SMILES string of the molecule is CCNC(=NCc1noc(C)n1)NCC(c1ccc(C)s1)N1CCOCC1. The number of hydrogen-bond donors (Lipinski definition) is 2. The molecular weight excluding hydrogens is 364 g/mol. The highest BCUT2D eigenvalue weighted by Gasteiger charge is 2.24. The highest BCUT2D eigenvalue weighted by Crippen LogP contribution is 2.27. The summed E-state index contributed by atoms with van der Waals surface area (Å²) in [6.45, 7) is 11.4. The van der Waals surface area contributed by atoms with Gasteiger partial charge in [0.05, 0.1) is 19.3 Å². The minimum Gasteiger partial charge on any atom is -0.379 e. The van der Waals surface area contributed by atoms with Crippen molar-refractivity contribution in [2.24, 2.45) is 4.99 Å². The van der Waals surface area contributed by atoms with Gasteiger partial charge in [0.2, 0.25) is 5.89 Å². The molecule has 0 aliphatic carbocycles. The summed E-state index contributed by atoms with van der Waals surface area (Å²) < 4.78 is 10.5. The molecule has 0 radical (unpaired) electrons. The van der Waals surface area contributed by atoms with Crippen LogP contribution in [0.2, 0.25) is 0 Å². The summed E-state index contributed by atoms with van der Waals surface area (Å²) in [5.41, 5.74) is 0. The Kier molecular flexibility index (Phi) is 7.19. The maximum atomic E-state index is 5.53. The summed E-state index contributed by atoms with van der Waals surface area (Å²) in [6.07, 6.45) is 0. The van der Waals surface area contributed by atoms with E-state index in [1.807, 2.05) is 11.3 Å². The average molecular weight is 393 g/mol. The Labute approximate surface area is 164 Å². The number of aryl methyl sites for hydroxylation is 2. The van der Waals surface area contributed by atoms with Crippen molar-refractivity contribution in [1.29, 1.82) is 0 Å². The van der Waals surface area contributed by atoms with Gasteiger partial charge in [-0.2, -0.15) is 4.98 Å². The van der Waals surface area contributed by atoms with E-state index in [1.54, 1.807) is 6.92 Å². The van der Waals surface area contributed by atoms with Crippen molar-refractivity contribution in [3.8, 4) is 0 Å². The maximum Gasteiger partial charge on any atom is 0.223 e. The van der Waals surface area contributed by atoms with Gasteiger partial charge in [0.25, 0.3) is 0 Å². The van der Waals surface area contributed by atoms with Gasteiger partial charge >= 0.3 is 0 Å². The van der Waals surface area contributed by atoms with Crippen molar-refractivity contribution >= 4 is 17.3 Å². The van der Waals surface area contributed by atoms with E-state index in [0.29, 0.717) is 24.3 Å². The summed E-state index contributed by atoms with van der Waals surface area (Å²) in [7, 11) is 0. The Morgan fingerprint density at radius 1 is 1.30 bits per heavy atom. The molecule has 2 N–H and O–H groups in total. The van der Waals surface area contributed by atoms with E-state index in [-0.39, 0.29) is 0 Å². The van der Waals surface area contributed by atoms with Gasteiger partial charge in [-0.05, 0) is 26.0 Å². The van der Waals surface area contributed by atoms with Crippen LogP contribution in [0.5, 0.6) is 0 Å². The molecule has 2 aromatic rings. The lowest BCUT2D eigenvalue weighted by Gasteiger charge is -2.34. The summed E-state index contributed by atoms with van der Waals surface area (Å²) in [6, 6.07) is 4.71. The lowest BCUT2D eigenvalue weighted by atomic mass is 10.2. The minimum absolute atomic E-state index is 0.295. The molecule has 0 amide bonds. The number of nitrogens with zero attached hydrogens (tertiary/aromatic N) is 4. The molecule has 0 aromatic carbocycles. The van der Waals surface area contributed by atoms with E-state index < -0.39 is 0 Å². The molecule has 0 saturated carbocycles. The van der Waals surface area contributed by atoms with E-state index >= 15 is 0 Å². The zero-order valence-electron chi connectivity index (χ0n) is 16.2. The number of thiophene rings is 1. The van der Waals surface area contributed by atoms with Gasteiger partial charge in [0, 0.05) is 42.9 Å². The summed E-state index contributed by atoms with van der Waals surface area (Å²) in [4.78, 5) is 14.0. The number of guanidine groups is 1. The molecule has 148 valence electrons. The summed E-state index contributed by atoms with van der Waals surface area (Å²) >= 11 is 1.85. The Balaban J connectivity index is 1.67. The van der Waals surface area contributed by atoms with Gasteiger partial charge in [-0.1, -0.05) is 5.16 Å². The topological polar surface area (TPSA) is 87.8 Å². The Hall–Kier alpha value is -1.97. The number of ether oxygens (including phenoxy) is 1. The van der Waals surface area contributed by atoms with Crippen LogP contribution >= 0.6 is 11.3 Å². The minimum atomic E-state index is 0.295. The third kappa shape index (κ3) is 5.75. The summed E-state index contributed by atoms with van der Waals surface area (Å²) in [5, 5.41) is 10.7. The molecule has 9 heteroatoms. The van der Waals surface area contributed by atoms with Gasteiger partial charge in [-0.15, -0.1) is 11.3 Å². The Morgan fingerprint density at radius 3 is 2.74 bits per heavy atom. The highest BCUT2D eigenvalue weighted by molar-refractivity contribution is 7.12. The Bertz CT molecular complexity index is 738. The van der Waals surface area contributed by atoms with Crippen LogP contribution in [0.25, 0.3) is 0 Å². The molecule has 2 aromatic heterocycles. The van der Waals surface area contributed by atoms with Crippen molar-refractivity contribution in [2.45, 2.75) is 33.4 Å². The van der Waals surface area contributed by atoms with Gasteiger partial charge in [-0.25, -0.2) is 4.99 Å². The van der Waals surface area contributed by atoms with E-state index in [0.717, 1.165) is 45.4 Å². The van der Waals surface area contributed by atoms with Gasteiger partial charge in [-0.3, -0.25) is 4.90 Å². The predicted molar refractivity (Wildman–Crippen MR) is 106 cm³/mol. The number of nitrogens with one attached hydrogen (secondary N) is 2. The zero-order chi connectivity index (χ0) is 19.1. The standard InChI is InChI=1S/C18H28N6O2S/c1-4-19-18(21-12-17-22-14(3)26-23-17)20-11-15(16-6-5-13(2)27-16)24-7-9-25-10-8-24/h5-6,15H,4,7-12H2,1-3H3,(H2,19,20,21). The molecule has 0 bridgehead atoms. The summed E-state index contributed by atoms with van der Waals surface area (Å²) in [5.74, 6) is 1.90. The van der Waals surface area contributed by atoms with Gasteiger partial charge < -0.3 is 19.9 Å². The number of aromatic nitrogens is 2. The van der Waals surface area contributed by atoms with E-state index in [2.05, 4.69) is 56.6 Å². The molecule has 1 aliphatic heterocycles. The third-order valence-corrected chi connectivity index (χ3v) is 5.43. The number of aliphatic imine (C=N–C) groups is 1. The maximum absolute atomic E-state index is 5.53. The number of hydrogen-bond acceptors (Lipinski definition) is 7. The van der Waals surface area contributed by atoms with E-state index in [1.165, 1.54) is 9.75 Å². The lowest BCUT2D eigenvalue weighted by molar-refractivity contribution is 0.0177. The zero-order valence-corrected chi connectivity index (χ0v) is 17.0. The first kappa shape index (κ1) is 19.8. The monoisotopic (exact) mass is 392 g/mol. The van der Waals surface area contributed by atoms with Crippen molar-refractivity contribution in [3.05, 3.63) is 33.6 Å². The third-order valence-electron chi connectivity index (χ3n) is 4.33. The van der Waals surface area contributed by atoms with Crippen LogP contribution < -0.4 is 10.6 Å². The Morgan fingerprint density at radius 2 is 2.11 bits per heavy atom. The fourth-order valence-electron chi connectivity index (χ4n) is 3.02. The molecule has 1 unspecified atom stereocenters. The van der Waals surface area contributed by atoms with Crippen LogP contribution in [0.3, 0.4) is 0 Å². The quantitative estimate of drug-likeness (QED) is 0.549. The van der Waals surface area contributed by atoms with Crippen molar-refractivity contribution < 1.29 is 9.26 Å². The fourth-order valence-corrected chi connectivity index (χ4v) is 4.03. The van der Waals surface area contributed by atoms with Crippen LogP contribution in [0.1, 0.15) is 34.4 Å². The first-order valence-electron chi connectivity index (χ1n) is 9.35. The first-order valence-corrected chi connectivity index (χ1v) is 10.2. The largest absolute Gasteiger partial charge is 0.379 e. The predicted octanol–water partition coefficient (Wildman–Crippen LogP) is 1.88. The average Bonchev–Trinajstić information content (AvgIpc) is 3.29. The second-order valence-corrected chi connectivity index (χ2v) is 7.74. The van der Waals surface area contributed by atoms with E-state index in [4.69, 9.17) is 9.26 Å². The smallest absolute Gasteiger partial charge is 0.223 e. The molecular formula is C18H28N6O2S. The van der Waals surface area contributed by atoms with Crippen molar-refractivity contribution in [2.75, 3.05) is 39.4 Å². The fraction of sp³-hybridized carbons (Fsp3) is 0.611. The normalized spacial score (nSPS) is 17.1. The van der Waals surface area contributed by atoms with E-state index in [9.17, 15) is 0 Å². The van der Waals surface area contributed by atoms with Crippen LogP contribution in [-0.2, 0) is 11.3 Å². The van der Waals surface area contributed by atoms with Crippen LogP contribution in [0.15, 0.2) is 21.6 Å². The van der Waals surface area contributed by atoms with Gasteiger partial charge in [0.1, 0.15) is 6.54 Å². The molecule has 1 aliphatic rings. The number of rotatable bonds is 7. The van der Waals surface area contributed by atoms with Crippen LogP contribution in [0, 0.1) is 13.8 Å². The van der Waals surface area contributed by atoms with Crippen molar-refractivity contribution in [3.63, 3.8) is 0 Å². The molecule has 1 fully saturated rings. The lowest BCUT2D eigenvalue weighted by Crippen LogP contribution is -2.46. The molecule has 1 saturated heterocycles. The van der Waals surface area contributed by atoms with Gasteiger partial charge in [0.15, 0.2) is 11.8 Å².